The van der Waals surface area contributed by atoms with Gasteiger partial charge in [-0.05, 0) is 36.8 Å². The fourth-order valence-electron chi connectivity index (χ4n) is 3.65. The van der Waals surface area contributed by atoms with Gasteiger partial charge in [-0.25, -0.2) is 8.42 Å². The maximum Gasteiger partial charge on any atom is 0.260 e. The number of nitrogens with zero attached hydrogens (tertiary/aromatic N) is 2. The van der Waals surface area contributed by atoms with Crippen molar-refractivity contribution in [3.63, 3.8) is 0 Å². The molecule has 0 bridgehead atoms. The molecule has 0 saturated carbocycles. The van der Waals surface area contributed by atoms with E-state index in [4.69, 9.17) is 10.5 Å². The minimum atomic E-state index is -3.57. The highest BCUT2D eigenvalue weighted by atomic mass is 32.2. The Bertz CT molecular complexity index is 1250. The first-order valence-electron chi connectivity index (χ1n) is 9.51. The van der Waals surface area contributed by atoms with Gasteiger partial charge in [-0.15, -0.1) is 0 Å². The molecule has 0 radical (unpaired) electrons. The van der Waals surface area contributed by atoms with E-state index in [0.717, 1.165) is 12.7 Å². The molecule has 7 nitrogen and oxygen atoms in total. The average molecular weight is 418 g/mol. The topological polar surface area (TPSA) is 104 Å². The summed E-state index contributed by atoms with van der Waals surface area (Å²) in [7, 11) is -1.91. The minimum absolute atomic E-state index is 0.0798. The molecule has 3 aromatic rings. The summed E-state index contributed by atoms with van der Waals surface area (Å²) < 4.78 is 32.3. The van der Waals surface area contributed by atoms with E-state index < -0.39 is 9.84 Å². The molecular formula is C21H27N3O4S. The summed E-state index contributed by atoms with van der Waals surface area (Å²) in [6.07, 6.45) is 3.52. The Hall–Kier alpha value is -2.45. The number of pyridine rings is 2. The molecular weight excluding hydrogens is 390 g/mol. The molecule has 2 aromatic heterocycles. The van der Waals surface area contributed by atoms with Crippen molar-refractivity contribution >= 4 is 31.5 Å². The Labute approximate surface area is 170 Å². The molecule has 0 spiro atoms. The molecule has 156 valence electrons. The zero-order chi connectivity index (χ0) is 21.5. The van der Waals surface area contributed by atoms with Crippen molar-refractivity contribution in [1.82, 2.24) is 9.55 Å². The van der Waals surface area contributed by atoms with Gasteiger partial charge in [0.2, 0.25) is 0 Å². The maximum absolute atomic E-state index is 12.9. The van der Waals surface area contributed by atoms with Gasteiger partial charge in [0, 0.05) is 37.0 Å². The van der Waals surface area contributed by atoms with Crippen LogP contribution in [0.25, 0.3) is 21.7 Å². The highest BCUT2D eigenvalue weighted by Gasteiger charge is 2.20. The monoisotopic (exact) mass is 417 g/mol. The largest absolute Gasteiger partial charge is 0.491 e. The number of ether oxygens (including phenoxy) is 1. The van der Waals surface area contributed by atoms with E-state index in [1.165, 1.54) is 4.57 Å². The lowest BCUT2D eigenvalue weighted by Crippen LogP contribution is -2.29. The Kier molecular flexibility index (Phi) is 5.69. The van der Waals surface area contributed by atoms with Crippen LogP contribution < -0.4 is 16.0 Å². The lowest BCUT2D eigenvalue weighted by atomic mass is 10.0. The molecule has 0 aliphatic rings. The third-order valence-corrected chi connectivity index (χ3v) is 6.12. The molecule has 8 heteroatoms. The number of aromatic nitrogens is 2. The van der Waals surface area contributed by atoms with Gasteiger partial charge in [0.05, 0.1) is 16.6 Å². The zero-order valence-electron chi connectivity index (χ0n) is 17.4. The van der Waals surface area contributed by atoms with Crippen LogP contribution in [0.5, 0.6) is 5.75 Å². The van der Waals surface area contributed by atoms with Crippen LogP contribution in [-0.2, 0) is 16.9 Å². The molecule has 0 saturated heterocycles. The number of benzene rings is 1. The van der Waals surface area contributed by atoms with Crippen LogP contribution in [0.3, 0.4) is 0 Å². The number of fused-ring (bicyclic) bond motifs is 3. The van der Waals surface area contributed by atoms with Crippen LogP contribution in [0.4, 0.5) is 0 Å². The normalized spacial score (nSPS) is 13.3. The molecule has 2 N–H and O–H groups in total. The highest BCUT2D eigenvalue weighted by Crippen LogP contribution is 2.33. The second-order valence-electron chi connectivity index (χ2n) is 7.97. The van der Waals surface area contributed by atoms with E-state index in [0.29, 0.717) is 33.3 Å². The van der Waals surface area contributed by atoms with Crippen LogP contribution in [0.1, 0.15) is 26.0 Å². The Morgan fingerprint density at radius 3 is 2.55 bits per heavy atom. The van der Waals surface area contributed by atoms with Crippen molar-refractivity contribution in [1.29, 1.82) is 0 Å². The van der Waals surface area contributed by atoms with E-state index in [1.54, 1.807) is 38.4 Å². The van der Waals surface area contributed by atoms with Crippen molar-refractivity contribution < 1.29 is 13.2 Å². The summed E-state index contributed by atoms with van der Waals surface area (Å²) >= 11 is 0. The number of rotatable bonds is 6. The van der Waals surface area contributed by atoms with Crippen LogP contribution in [-0.4, -0.2) is 36.9 Å². The van der Waals surface area contributed by atoms with Gasteiger partial charge in [0.15, 0.2) is 9.84 Å². The van der Waals surface area contributed by atoms with E-state index in [-0.39, 0.29) is 28.9 Å². The lowest BCUT2D eigenvalue weighted by molar-refractivity contribution is 0.265. The van der Waals surface area contributed by atoms with Crippen molar-refractivity contribution in [2.24, 2.45) is 18.7 Å². The minimum Gasteiger partial charge on any atom is -0.491 e. The van der Waals surface area contributed by atoms with Gasteiger partial charge in [-0.3, -0.25) is 9.78 Å². The van der Waals surface area contributed by atoms with E-state index in [1.807, 2.05) is 0 Å². The second-order valence-corrected chi connectivity index (χ2v) is 9.96. The third kappa shape index (κ3) is 4.13. The first kappa shape index (κ1) is 21.3. The van der Waals surface area contributed by atoms with Gasteiger partial charge < -0.3 is 15.0 Å². The molecule has 1 atom stereocenters. The van der Waals surface area contributed by atoms with Crippen LogP contribution in [0.2, 0.25) is 0 Å². The second kappa shape index (κ2) is 7.76. The Balaban J connectivity index is 2.26. The molecule has 0 amide bonds. The van der Waals surface area contributed by atoms with Crippen LogP contribution in [0, 0.1) is 12.8 Å². The molecule has 1 aromatic carbocycles. The lowest BCUT2D eigenvalue weighted by Gasteiger charge is -2.18. The summed E-state index contributed by atoms with van der Waals surface area (Å²) in [5.41, 5.74) is 7.11. The third-order valence-electron chi connectivity index (χ3n) is 5.00. The molecule has 1 unspecified atom stereocenters. The molecule has 0 aliphatic heterocycles. The van der Waals surface area contributed by atoms with Crippen LogP contribution in [0.15, 0.2) is 34.1 Å². The number of sulfone groups is 1. The van der Waals surface area contributed by atoms with E-state index in [9.17, 15) is 13.2 Å². The average Bonchev–Trinajstić information content (AvgIpc) is 2.62. The van der Waals surface area contributed by atoms with Crippen molar-refractivity contribution in [3.05, 3.63) is 40.4 Å². The molecule has 2 heterocycles. The van der Waals surface area contributed by atoms with Gasteiger partial charge in [-0.2, -0.15) is 0 Å². The first-order chi connectivity index (χ1) is 13.5. The Morgan fingerprint density at radius 2 is 1.93 bits per heavy atom. The number of aryl methyl sites for hydroxylation is 2. The fourth-order valence-corrected chi connectivity index (χ4v) is 4.47. The predicted molar refractivity (Wildman–Crippen MR) is 115 cm³/mol. The first-order valence-corrected chi connectivity index (χ1v) is 11.4. The van der Waals surface area contributed by atoms with Gasteiger partial charge >= 0.3 is 0 Å². The zero-order valence-corrected chi connectivity index (χ0v) is 18.2. The van der Waals surface area contributed by atoms with Gasteiger partial charge in [-0.1, -0.05) is 13.8 Å². The smallest absolute Gasteiger partial charge is 0.260 e. The van der Waals surface area contributed by atoms with E-state index in [2.05, 4.69) is 18.8 Å². The number of hydrogen-bond donors (Lipinski definition) is 1. The van der Waals surface area contributed by atoms with Gasteiger partial charge in [0.25, 0.3) is 5.56 Å². The van der Waals surface area contributed by atoms with Crippen LogP contribution >= 0.6 is 0 Å². The molecule has 3 rings (SSSR count). The quantitative estimate of drug-likeness (QED) is 0.618. The molecule has 0 fully saturated rings. The van der Waals surface area contributed by atoms with Crippen molar-refractivity contribution in [2.45, 2.75) is 38.1 Å². The van der Waals surface area contributed by atoms with Crippen molar-refractivity contribution in [3.8, 4) is 5.75 Å². The summed E-state index contributed by atoms with van der Waals surface area (Å²) in [6.45, 7) is 6.09. The molecule has 29 heavy (non-hydrogen) atoms. The summed E-state index contributed by atoms with van der Waals surface area (Å²) in [4.78, 5) is 17.2. The fraction of sp³-hybridized carbons (Fsp3) is 0.429. The summed E-state index contributed by atoms with van der Waals surface area (Å²) in [5, 5.41) is 1.81. The summed E-state index contributed by atoms with van der Waals surface area (Å²) in [5.74, 6) is 0.614. The predicted octanol–water partition coefficient (Wildman–Crippen LogP) is 2.55. The Morgan fingerprint density at radius 1 is 1.24 bits per heavy atom. The SMILES string of the molecule is Cc1nccc2c1c(=O)n(C)c1cc(OCC(N)CC(C)C)c(S(C)(=O)=O)cc21. The molecule has 0 aliphatic carbocycles. The maximum atomic E-state index is 12.9. The van der Waals surface area contributed by atoms with E-state index >= 15 is 0 Å². The summed E-state index contributed by atoms with van der Waals surface area (Å²) in [6, 6.07) is 4.71. The van der Waals surface area contributed by atoms with Crippen molar-refractivity contribution in [2.75, 3.05) is 12.9 Å². The standard InChI is InChI=1S/C21H27N3O4S/c1-12(2)8-14(22)11-28-18-10-17-16(9-19(18)29(5,26)27)15-6-7-23-13(3)20(15)21(25)24(17)4/h6-7,9-10,12,14H,8,11,22H2,1-5H3. The number of hydrogen-bond acceptors (Lipinski definition) is 6. The van der Waals surface area contributed by atoms with Gasteiger partial charge in [0.1, 0.15) is 17.3 Å². The highest BCUT2D eigenvalue weighted by molar-refractivity contribution is 7.90. The number of nitrogens with two attached hydrogens (primary N) is 1.